The molecular weight excluding hydrogens is 348 g/mol. The maximum Gasteiger partial charge on any atom is 0.255 e. The van der Waals surface area contributed by atoms with Crippen LogP contribution >= 0.6 is 11.6 Å². The van der Waals surface area contributed by atoms with Crippen molar-refractivity contribution in [2.24, 2.45) is 0 Å². The van der Waals surface area contributed by atoms with Crippen molar-refractivity contribution in [1.82, 2.24) is 9.62 Å². The Bertz CT molecular complexity index is 704. The zero-order chi connectivity index (χ0) is 17.9. The van der Waals surface area contributed by atoms with Crippen LogP contribution in [0.4, 0.5) is 0 Å². The molecule has 1 aliphatic rings. The van der Waals surface area contributed by atoms with Gasteiger partial charge in [-0.3, -0.25) is 4.79 Å². The van der Waals surface area contributed by atoms with Crippen molar-refractivity contribution in [2.75, 3.05) is 6.54 Å². The fourth-order valence-corrected chi connectivity index (χ4v) is 4.54. The highest BCUT2D eigenvalue weighted by atomic mass is 35.5. The van der Waals surface area contributed by atoms with E-state index in [1.54, 1.807) is 13.8 Å². The minimum Gasteiger partial charge on any atom is -0.336 e. The maximum absolute atomic E-state index is 12.9. The maximum atomic E-state index is 12.9. The van der Waals surface area contributed by atoms with Crippen LogP contribution in [0, 0.1) is 0 Å². The Kier molecular flexibility index (Phi) is 6.28. The standard InChI is InChI=1S/C17H25ClN2O3S/c1-4-13-7-5-6-10-20(13)17(21)15-11-14(8-9-16(15)18)24(22,23)19-12(2)3/h8-9,11-13,19H,4-7,10H2,1-3H3. The molecule has 1 N–H and O–H groups in total. The average molecular weight is 373 g/mol. The molecule has 24 heavy (non-hydrogen) atoms. The predicted octanol–water partition coefficient (Wildman–Crippen LogP) is 3.43. The van der Waals surface area contributed by atoms with Crippen molar-refractivity contribution >= 4 is 27.5 Å². The lowest BCUT2D eigenvalue weighted by Crippen LogP contribution is -2.43. The first-order valence-electron chi connectivity index (χ1n) is 8.39. The number of nitrogens with one attached hydrogen (secondary N) is 1. The Morgan fingerprint density at radius 1 is 1.38 bits per heavy atom. The van der Waals surface area contributed by atoms with E-state index in [1.165, 1.54) is 18.2 Å². The van der Waals surface area contributed by atoms with Gasteiger partial charge in [0, 0.05) is 18.6 Å². The number of carbonyl (C=O) groups excluding carboxylic acids is 1. The molecular formula is C17H25ClN2O3S. The lowest BCUT2D eigenvalue weighted by Gasteiger charge is -2.35. The molecule has 1 fully saturated rings. The topological polar surface area (TPSA) is 66.5 Å². The van der Waals surface area contributed by atoms with E-state index in [0.29, 0.717) is 6.54 Å². The molecule has 1 aromatic carbocycles. The van der Waals surface area contributed by atoms with Crippen molar-refractivity contribution in [3.63, 3.8) is 0 Å². The van der Waals surface area contributed by atoms with Crippen LogP contribution in [0.1, 0.15) is 56.8 Å². The normalized spacial score (nSPS) is 18.9. The van der Waals surface area contributed by atoms with E-state index in [0.717, 1.165) is 25.7 Å². The molecule has 0 spiro atoms. The van der Waals surface area contributed by atoms with Crippen LogP contribution in [0.5, 0.6) is 0 Å². The van der Waals surface area contributed by atoms with Gasteiger partial charge in [0.2, 0.25) is 10.0 Å². The van der Waals surface area contributed by atoms with Gasteiger partial charge >= 0.3 is 0 Å². The molecule has 0 aliphatic carbocycles. The van der Waals surface area contributed by atoms with Gasteiger partial charge in [0.05, 0.1) is 15.5 Å². The van der Waals surface area contributed by atoms with E-state index in [1.807, 2.05) is 4.90 Å². The zero-order valence-corrected chi connectivity index (χ0v) is 16.0. The van der Waals surface area contributed by atoms with E-state index in [9.17, 15) is 13.2 Å². The Hall–Kier alpha value is -1.11. The third-order valence-corrected chi connectivity index (χ3v) is 6.21. The van der Waals surface area contributed by atoms with Gasteiger partial charge in [-0.05, 0) is 57.7 Å². The lowest BCUT2D eigenvalue weighted by atomic mass is 9.99. The monoisotopic (exact) mass is 372 g/mol. The first-order valence-corrected chi connectivity index (χ1v) is 10.2. The van der Waals surface area contributed by atoms with E-state index < -0.39 is 10.0 Å². The molecule has 7 heteroatoms. The summed E-state index contributed by atoms with van der Waals surface area (Å²) < 4.78 is 27.2. The van der Waals surface area contributed by atoms with Gasteiger partial charge in [-0.2, -0.15) is 0 Å². The molecule has 1 unspecified atom stereocenters. The number of sulfonamides is 1. The number of hydrogen-bond acceptors (Lipinski definition) is 3. The van der Waals surface area contributed by atoms with Crippen LogP contribution < -0.4 is 4.72 Å². The van der Waals surface area contributed by atoms with Gasteiger partial charge < -0.3 is 4.90 Å². The van der Waals surface area contributed by atoms with Crippen LogP contribution in [0.3, 0.4) is 0 Å². The summed E-state index contributed by atoms with van der Waals surface area (Å²) in [6.45, 7) is 6.25. The summed E-state index contributed by atoms with van der Waals surface area (Å²) in [5.74, 6) is -0.187. The Morgan fingerprint density at radius 2 is 2.08 bits per heavy atom. The molecule has 0 radical (unpaired) electrons. The lowest BCUT2D eigenvalue weighted by molar-refractivity contribution is 0.0608. The molecule has 1 aliphatic heterocycles. The fraction of sp³-hybridized carbons (Fsp3) is 0.588. The molecule has 5 nitrogen and oxygen atoms in total. The first kappa shape index (κ1) is 19.2. The second-order valence-corrected chi connectivity index (χ2v) is 8.60. The molecule has 1 aromatic rings. The molecule has 134 valence electrons. The van der Waals surface area contributed by atoms with Gasteiger partial charge in [0.1, 0.15) is 0 Å². The molecule has 0 saturated carbocycles. The molecule has 2 rings (SSSR count). The Balaban J connectivity index is 2.36. The highest BCUT2D eigenvalue weighted by Crippen LogP contribution is 2.26. The van der Waals surface area contributed by atoms with E-state index >= 15 is 0 Å². The number of likely N-dealkylation sites (tertiary alicyclic amines) is 1. The second kappa shape index (κ2) is 7.85. The summed E-state index contributed by atoms with van der Waals surface area (Å²) in [4.78, 5) is 14.8. The summed E-state index contributed by atoms with van der Waals surface area (Å²) >= 11 is 6.19. The minimum atomic E-state index is -3.66. The smallest absolute Gasteiger partial charge is 0.255 e. The van der Waals surface area contributed by atoms with Gasteiger partial charge in [-0.15, -0.1) is 0 Å². The highest BCUT2D eigenvalue weighted by molar-refractivity contribution is 7.89. The van der Waals surface area contributed by atoms with E-state index in [4.69, 9.17) is 11.6 Å². The SMILES string of the molecule is CCC1CCCCN1C(=O)c1cc(S(=O)(=O)NC(C)C)ccc1Cl. The summed E-state index contributed by atoms with van der Waals surface area (Å²) in [5.41, 5.74) is 0.253. The van der Waals surface area contributed by atoms with Crippen LogP contribution in [0.15, 0.2) is 23.1 Å². The summed E-state index contributed by atoms with van der Waals surface area (Å²) in [7, 11) is -3.66. The molecule has 1 atom stereocenters. The summed E-state index contributed by atoms with van der Waals surface area (Å²) in [5, 5.41) is 0.281. The molecule has 0 bridgehead atoms. The number of benzene rings is 1. The third kappa shape index (κ3) is 4.29. The summed E-state index contributed by atoms with van der Waals surface area (Å²) in [6, 6.07) is 4.26. The average Bonchev–Trinajstić information content (AvgIpc) is 2.53. The van der Waals surface area contributed by atoms with Gasteiger partial charge in [0.25, 0.3) is 5.91 Å². The number of rotatable bonds is 5. The van der Waals surface area contributed by atoms with Crippen molar-refractivity contribution in [3.05, 3.63) is 28.8 Å². The number of hydrogen-bond donors (Lipinski definition) is 1. The highest BCUT2D eigenvalue weighted by Gasteiger charge is 2.28. The molecule has 1 saturated heterocycles. The number of amides is 1. The van der Waals surface area contributed by atoms with E-state index in [2.05, 4.69) is 11.6 Å². The van der Waals surface area contributed by atoms with Crippen molar-refractivity contribution in [3.8, 4) is 0 Å². The number of piperidine rings is 1. The molecule has 1 heterocycles. The van der Waals surface area contributed by atoms with Crippen LogP contribution in [-0.2, 0) is 10.0 Å². The Labute approximate surface area is 149 Å². The fourth-order valence-electron chi connectivity index (χ4n) is 3.06. The van der Waals surface area contributed by atoms with Gasteiger partial charge in [-0.25, -0.2) is 13.1 Å². The number of halogens is 1. The van der Waals surface area contributed by atoms with E-state index in [-0.39, 0.29) is 33.5 Å². The van der Waals surface area contributed by atoms with Gasteiger partial charge in [0.15, 0.2) is 0 Å². The van der Waals surface area contributed by atoms with Crippen molar-refractivity contribution in [1.29, 1.82) is 0 Å². The number of carbonyl (C=O) groups is 1. The number of nitrogens with zero attached hydrogens (tertiary/aromatic N) is 1. The minimum absolute atomic E-state index is 0.0639. The van der Waals surface area contributed by atoms with Crippen LogP contribution in [-0.4, -0.2) is 37.9 Å². The molecule has 1 amide bonds. The van der Waals surface area contributed by atoms with Crippen LogP contribution in [0.25, 0.3) is 0 Å². The first-order chi connectivity index (χ1) is 11.3. The quantitative estimate of drug-likeness (QED) is 0.860. The largest absolute Gasteiger partial charge is 0.336 e. The third-order valence-electron chi connectivity index (χ3n) is 4.23. The second-order valence-electron chi connectivity index (χ2n) is 6.47. The van der Waals surface area contributed by atoms with Gasteiger partial charge in [-0.1, -0.05) is 18.5 Å². The van der Waals surface area contributed by atoms with Crippen molar-refractivity contribution in [2.45, 2.75) is 63.4 Å². The summed E-state index contributed by atoms with van der Waals surface area (Å²) in [6.07, 6.45) is 3.94. The predicted molar refractivity (Wildman–Crippen MR) is 95.9 cm³/mol. The zero-order valence-electron chi connectivity index (χ0n) is 14.4. The van der Waals surface area contributed by atoms with Crippen molar-refractivity contribution < 1.29 is 13.2 Å². The molecule has 0 aromatic heterocycles. The Morgan fingerprint density at radius 3 is 2.71 bits per heavy atom. The van der Waals surface area contributed by atoms with Crippen LogP contribution in [0.2, 0.25) is 5.02 Å².